The van der Waals surface area contributed by atoms with Crippen LogP contribution in [0.1, 0.15) is 24.2 Å². The number of imidazole rings is 1. The Morgan fingerprint density at radius 3 is 2.48 bits per heavy atom. The lowest BCUT2D eigenvalue weighted by Crippen LogP contribution is -2.49. The second-order valence-corrected chi connectivity index (χ2v) is 6.58. The molecule has 0 bridgehead atoms. The summed E-state index contributed by atoms with van der Waals surface area (Å²) in [6, 6.07) is 9.62. The number of carbonyl (C=O) groups excluding carboxylic acids is 1. The van der Waals surface area contributed by atoms with Crippen molar-refractivity contribution in [2.75, 3.05) is 13.1 Å². The molecule has 0 saturated carbocycles. The topological polar surface area (TPSA) is 58.4 Å². The number of hydrogen-bond donors (Lipinski definition) is 1. The van der Waals surface area contributed by atoms with Crippen LogP contribution >= 0.6 is 0 Å². The van der Waals surface area contributed by atoms with E-state index in [1.807, 2.05) is 36.4 Å². The molecule has 0 fully saturated rings. The molecule has 2 heterocycles. The van der Waals surface area contributed by atoms with Crippen molar-refractivity contribution < 1.29 is 23.1 Å². The molecule has 1 aromatic heterocycles. The van der Waals surface area contributed by atoms with Crippen molar-refractivity contribution in [1.82, 2.24) is 14.5 Å². The van der Waals surface area contributed by atoms with Crippen LogP contribution in [0.3, 0.4) is 0 Å². The Hall–Kier alpha value is -2.61. The highest BCUT2D eigenvalue weighted by Crippen LogP contribution is 2.41. The second-order valence-electron chi connectivity index (χ2n) is 6.58. The van der Waals surface area contributed by atoms with Crippen LogP contribution < -0.4 is 0 Å². The number of nitrogens with zero attached hydrogens (tertiary/aromatic N) is 3. The number of rotatable bonds is 4. The Morgan fingerprint density at radius 1 is 1.26 bits per heavy atom. The van der Waals surface area contributed by atoms with Gasteiger partial charge in [0.2, 0.25) is 11.5 Å². The second kappa shape index (κ2) is 7.19. The quantitative estimate of drug-likeness (QED) is 0.889. The van der Waals surface area contributed by atoms with Crippen LogP contribution in [-0.2, 0) is 17.4 Å². The van der Waals surface area contributed by atoms with Crippen molar-refractivity contribution >= 4 is 11.5 Å². The van der Waals surface area contributed by atoms with Crippen molar-refractivity contribution in [2.24, 2.45) is 7.05 Å². The van der Waals surface area contributed by atoms with Gasteiger partial charge in [-0.25, -0.2) is 4.98 Å². The number of aromatic nitrogens is 2. The summed E-state index contributed by atoms with van der Waals surface area (Å²) in [5.74, 6) is -1.36. The monoisotopic (exact) mass is 379 g/mol. The molecule has 1 aromatic carbocycles. The molecule has 1 aliphatic rings. The molecule has 0 saturated heterocycles. The molecule has 5 nitrogen and oxygen atoms in total. The number of alkyl halides is 3. The summed E-state index contributed by atoms with van der Waals surface area (Å²) >= 11 is 0. The van der Waals surface area contributed by atoms with E-state index in [0.29, 0.717) is 13.0 Å². The molecular weight excluding hydrogens is 359 g/mol. The molecule has 3 rings (SSSR count). The average Bonchev–Trinajstić information content (AvgIpc) is 3.08. The maximum atomic E-state index is 13.6. The minimum Gasteiger partial charge on any atom is -0.374 e. The molecule has 2 aromatic rings. The van der Waals surface area contributed by atoms with E-state index in [-0.39, 0.29) is 6.54 Å². The zero-order valence-corrected chi connectivity index (χ0v) is 14.8. The molecule has 1 amide bonds. The van der Waals surface area contributed by atoms with Gasteiger partial charge in [-0.05, 0) is 17.6 Å². The number of aliphatic hydroxyl groups is 1. The van der Waals surface area contributed by atoms with Crippen LogP contribution in [0, 0.1) is 0 Å². The summed E-state index contributed by atoms with van der Waals surface area (Å²) in [7, 11) is 1.35. The van der Waals surface area contributed by atoms with Crippen LogP contribution in [0.15, 0.2) is 48.8 Å². The molecule has 1 aliphatic heterocycles. The van der Waals surface area contributed by atoms with Gasteiger partial charge in [0.05, 0.1) is 6.42 Å². The first-order valence-electron chi connectivity index (χ1n) is 8.51. The fourth-order valence-electron chi connectivity index (χ4n) is 3.21. The van der Waals surface area contributed by atoms with Gasteiger partial charge in [-0.2, -0.15) is 13.2 Å². The first kappa shape index (κ1) is 19.2. The van der Waals surface area contributed by atoms with E-state index in [1.165, 1.54) is 18.1 Å². The van der Waals surface area contributed by atoms with E-state index >= 15 is 0 Å². The van der Waals surface area contributed by atoms with Gasteiger partial charge in [-0.3, -0.25) is 4.79 Å². The van der Waals surface area contributed by atoms with Crippen LogP contribution in [0.5, 0.6) is 0 Å². The number of halogens is 3. The summed E-state index contributed by atoms with van der Waals surface area (Å²) in [6.07, 6.45) is -1.29. The van der Waals surface area contributed by atoms with Gasteiger partial charge >= 0.3 is 6.18 Å². The molecular formula is C19H20F3N3O2. The van der Waals surface area contributed by atoms with E-state index in [9.17, 15) is 23.1 Å². The van der Waals surface area contributed by atoms with Gasteiger partial charge in [0.15, 0.2) is 5.82 Å². The molecule has 144 valence electrons. The Kier molecular flexibility index (Phi) is 5.10. The van der Waals surface area contributed by atoms with Crippen molar-refractivity contribution in [3.63, 3.8) is 0 Å². The lowest BCUT2D eigenvalue weighted by molar-refractivity contribution is -0.271. The maximum absolute atomic E-state index is 13.6. The minimum absolute atomic E-state index is 0.206. The Morgan fingerprint density at radius 2 is 1.96 bits per heavy atom. The van der Waals surface area contributed by atoms with Gasteiger partial charge in [0.25, 0.3) is 0 Å². The van der Waals surface area contributed by atoms with Crippen molar-refractivity contribution in [3.8, 4) is 0 Å². The summed E-state index contributed by atoms with van der Waals surface area (Å²) in [4.78, 5) is 17.4. The lowest BCUT2D eigenvalue weighted by atomic mass is 9.95. The minimum atomic E-state index is -5.03. The number of aryl methyl sites for hydroxylation is 1. The average molecular weight is 379 g/mol. The number of hydrogen-bond acceptors (Lipinski definition) is 3. The van der Waals surface area contributed by atoms with Crippen molar-refractivity contribution in [1.29, 1.82) is 0 Å². The predicted molar refractivity (Wildman–Crippen MR) is 93.4 cm³/mol. The largest absolute Gasteiger partial charge is 0.425 e. The van der Waals surface area contributed by atoms with Crippen LogP contribution in [0.2, 0.25) is 0 Å². The maximum Gasteiger partial charge on any atom is 0.425 e. The zero-order chi connectivity index (χ0) is 19.7. The van der Waals surface area contributed by atoms with Gasteiger partial charge in [0.1, 0.15) is 0 Å². The van der Waals surface area contributed by atoms with Crippen molar-refractivity contribution in [3.05, 3.63) is 60.2 Å². The van der Waals surface area contributed by atoms with Gasteiger partial charge in [-0.15, -0.1) is 0 Å². The highest BCUT2D eigenvalue weighted by molar-refractivity contribution is 5.79. The zero-order valence-electron chi connectivity index (χ0n) is 14.8. The Labute approximate surface area is 154 Å². The molecule has 8 heteroatoms. The van der Waals surface area contributed by atoms with Crippen LogP contribution in [0.4, 0.5) is 13.2 Å². The van der Waals surface area contributed by atoms with Gasteiger partial charge < -0.3 is 14.6 Å². The highest BCUT2D eigenvalue weighted by atomic mass is 19.4. The molecule has 27 heavy (non-hydrogen) atoms. The summed E-state index contributed by atoms with van der Waals surface area (Å²) in [5, 5.41) is 10.3. The smallest absolute Gasteiger partial charge is 0.374 e. The molecule has 0 radical (unpaired) electrons. The third kappa shape index (κ3) is 3.75. The van der Waals surface area contributed by atoms with E-state index < -0.39 is 29.9 Å². The lowest BCUT2D eigenvalue weighted by Gasteiger charge is -2.33. The third-order valence-corrected chi connectivity index (χ3v) is 4.77. The van der Waals surface area contributed by atoms with Crippen LogP contribution in [-0.4, -0.2) is 44.7 Å². The molecule has 0 aliphatic carbocycles. The Bertz CT molecular complexity index is 845. The number of benzene rings is 1. The number of amides is 1. The number of carbonyl (C=O) groups is 1. The fraction of sp³-hybridized carbons (Fsp3) is 0.368. The SMILES string of the molecule is Cn1ccnc1C(O)(CC(=O)N1CC=C(c2ccccc2)CC1)C(F)(F)F. The summed E-state index contributed by atoms with van der Waals surface area (Å²) < 4.78 is 41.8. The summed E-state index contributed by atoms with van der Waals surface area (Å²) in [6.45, 7) is 0.506. The molecule has 1 unspecified atom stereocenters. The molecule has 1 atom stereocenters. The van der Waals surface area contributed by atoms with Gasteiger partial charge in [0, 0.05) is 32.5 Å². The van der Waals surface area contributed by atoms with Crippen LogP contribution in [0.25, 0.3) is 5.57 Å². The van der Waals surface area contributed by atoms with E-state index in [4.69, 9.17) is 0 Å². The van der Waals surface area contributed by atoms with E-state index in [1.54, 1.807) is 0 Å². The normalized spacial score (nSPS) is 17.4. The Balaban J connectivity index is 1.76. The first-order chi connectivity index (χ1) is 12.7. The molecule has 1 N–H and O–H groups in total. The highest BCUT2D eigenvalue weighted by Gasteiger charge is 2.59. The predicted octanol–water partition coefficient (Wildman–Crippen LogP) is 2.88. The first-order valence-corrected chi connectivity index (χ1v) is 8.51. The van der Waals surface area contributed by atoms with E-state index in [2.05, 4.69) is 4.98 Å². The molecule has 0 spiro atoms. The standard InChI is InChI=1S/C19H20F3N3O2/c1-24-12-9-23-17(24)18(27,19(20,21)22)13-16(26)25-10-7-15(8-11-25)14-5-3-2-4-6-14/h2-7,9,12,27H,8,10-11,13H2,1H3. The van der Waals surface area contributed by atoms with Gasteiger partial charge in [-0.1, -0.05) is 36.4 Å². The summed E-state index contributed by atoms with van der Waals surface area (Å²) in [5.41, 5.74) is -1.24. The van der Waals surface area contributed by atoms with Crippen molar-refractivity contribution in [2.45, 2.75) is 24.6 Å². The van der Waals surface area contributed by atoms with E-state index in [0.717, 1.165) is 21.9 Å². The fourth-order valence-corrected chi connectivity index (χ4v) is 3.21. The third-order valence-electron chi connectivity index (χ3n) is 4.77.